The first-order valence-corrected chi connectivity index (χ1v) is 12.5. The van der Waals surface area contributed by atoms with Gasteiger partial charge in [0.1, 0.15) is 24.8 Å². The molecule has 5 rings (SSSR count). The smallest absolute Gasteiger partial charge is 0.307 e. The minimum absolute atomic E-state index is 0.0789. The first kappa shape index (κ1) is 25.0. The Labute approximate surface area is 220 Å². The molecule has 2 N–H and O–H groups in total. The lowest BCUT2D eigenvalue weighted by Crippen LogP contribution is -2.18. The van der Waals surface area contributed by atoms with Crippen LogP contribution in [-0.2, 0) is 7.05 Å². The lowest BCUT2D eigenvalue weighted by Gasteiger charge is -2.18. The van der Waals surface area contributed by atoms with Crippen LogP contribution in [-0.4, -0.2) is 27.9 Å². The highest BCUT2D eigenvalue weighted by atomic mass is 32.1. The van der Waals surface area contributed by atoms with Gasteiger partial charge in [0.15, 0.2) is 5.75 Å². The van der Waals surface area contributed by atoms with Crippen molar-refractivity contribution in [3.63, 3.8) is 0 Å². The number of aromatic hydroxyl groups is 1. The maximum absolute atomic E-state index is 14.0. The summed E-state index contributed by atoms with van der Waals surface area (Å²) in [5.74, 6) is 0.0649. The minimum atomic E-state index is -0.413. The largest absolute Gasteiger partial charge is 0.493 e. The second-order valence-corrected chi connectivity index (χ2v) is 9.47. The van der Waals surface area contributed by atoms with E-state index < -0.39 is 5.82 Å². The van der Waals surface area contributed by atoms with Crippen molar-refractivity contribution in [2.45, 2.75) is 0 Å². The number of ether oxygens (including phenoxy) is 2. The van der Waals surface area contributed by atoms with Crippen LogP contribution >= 0.6 is 11.3 Å². The van der Waals surface area contributed by atoms with E-state index in [4.69, 9.17) is 9.47 Å². The minimum Gasteiger partial charge on any atom is -0.493 e. The Hall–Kier alpha value is -4.63. The molecule has 0 saturated heterocycles. The zero-order valence-electron chi connectivity index (χ0n) is 20.4. The summed E-state index contributed by atoms with van der Waals surface area (Å²) < 4.78 is 27.6. The number of pyridine rings is 1. The van der Waals surface area contributed by atoms with E-state index in [1.54, 1.807) is 48.5 Å². The van der Waals surface area contributed by atoms with E-state index in [1.165, 1.54) is 12.1 Å². The predicted octanol–water partition coefficient (Wildman–Crippen LogP) is 5.32. The highest BCUT2D eigenvalue weighted by Gasteiger charge is 2.19. The van der Waals surface area contributed by atoms with Crippen LogP contribution in [0.15, 0.2) is 89.0 Å². The molecule has 0 unspecified atom stereocenters. The molecule has 7 nitrogen and oxygen atoms in total. The van der Waals surface area contributed by atoms with Crippen molar-refractivity contribution in [2.75, 3.05) is 13.2 Å². The van der Waals surface area contributed by atoms with Gasteiger partial charge < -0.3 is 19.1 Å². The van der Waals surface area contributed by atoms with Crippen molar-refractivity contribution >= 4 is 27.8 Å². The molecule has 0 aliphatic heterocycles. The number of nitrogens with one attached hydrogen (secondary N) is 1. The van der Waals surface area contributed by atoms with Gasteiger partial charge in [0.25, 0.3) is 0 Å². The van der Waals surface area contributed by atoms with Crippen molar-refractivity contribution < 1.29 is 19.0 Å². The molecule has 0 radical (unpaired) electrons. The van der Waals surface area contributed by atoms with E-state index in [1.807, 2.05) is 23.7 Å². The summed E-state index contributed by atoms with van der Waals surface area (Å²) in [5.41, 5.74) is 2.67. The van der Waals surface area contributed by atoms with Gasteiger partial charge in [-0.05, 0) is 47.5 Å². The van der Waals surface area contributed by atoms with E-state index in [-0.39, 0.29) is 35.1 Å². The third kappa shape index (κ3) is 4.83. The fourth-order valence-electron chi connectivity index (χ4n) is 4.27. The average molecular weight is 531 g/mol. The van der Waals surface area contributed by atoms with Crippen LogP contribution in [0.25, 0.3) is 27.7 Å². The molecule has 192 valence electrons. The average Bonchev–Trinajstić information content (AvgIpc) is 3.26. The molecular formula is C29H23FN2O5S. The molecule has 9 heteroatoms. The van der Waals surface area contributed by atoms with Crippen LogP contribution in [0, 0.1) is 5.82 Å². The van der Waals surface area contributed by atoms with Crippen LogP contribution < -0.4 is 19.8 Å². The van der Waals surface area contributed by atoms with Crippen LogP contribution in [0.5, 0.6) is 17.4 Å². The topological polar surface area (TPSA) is 93.5 Å². The Kier molecular flexibility index (Phi) is 6.85. The number of para-hydroxylation sites is 1. The van der Waals surface area contributed by atoms with Gasteiger partial charge in [0, 0.05) is 18.0 Å². The predicted molar refractivity (Wildman–Crippen MR) is 147 cm³/mol. The lowest BCUT2D eigenvalue weighted by atomic mass is 10.1. The van der Waals surface area contributed by atoms with Crippen LogP contribution in [0.3, 0.4) is 0 Å². The van der Waals surface area contributed by atoms with Crippen molar-refractivity contribution in [1.29, 1.82) is 0 Å². The first-order valence-electron chi connectivity index (χ1n) is 11.7. The molecule has 5 aromatic rings. The third-order valence-electron chi connectivity index (χ3n) is 6.07. The number of hydrogen-bond donors (Lipinski definition) is 2. The second kappa shape index (κ2) is 10.4. The van der Waals surface area contributed by atoms with Crippen molar-refractivity contribution in [3.05, 3.63) is 116 Å². The highest BCUT2D eigenvalue weighted by molar-refractivity contribution is 7.10. The second-order valence-electron chi connectivity index (χ2n) is 8.49. The Bertz CT molecular complexity index is 1770. The Morgan fingerprint density at radius 2 is 1.76 bits per heavy atom. The standard InChI is InChI=1S/C29H23FN2O5S/c1-17(27-28(34)31-29(35)38-27)18-10-12-21(13-11-18)36-14-15-37-26-24(19-6-5-7-20(30)16-19)32(2)23-9-4-3-8-22(23)25(26)33/h3-13,16,34H,1,14-15H2,2H3,(H,31,35). The number of aromatic nitrogens is 2. The molecule has 3 aromatic carbocycles. The van der Waals surface area contributed by atoms with E-state index in [2.05, 4.69) is 11.6 Å². The summed E-state index contributed by atoms with van der Waals surface area (Å²) in [6.07, 6.45) is 0. The summed E-state index contributed by atoms with van der Waals surface area (Å²) in [7, 11) is 1.81. The number of rotatable bonds is 8. The SMILES string of the molecule is C=C(c1ccc(OCCOc2c(-c3cccc(F)c3)n(C)c3ccccc3c2=O)cc1)c1sc(=O)[nH]c1O. The fraction of sp³-hybridized carbons (Fsp3) is 0.103. The molecule has 2 aromatic heterocycles. The quantitative estimate of drug-likeness (QED) is 0.265. The molecule has 2 heterocycles. The summed E-state index contributed by atoms with van der Waals surface area (Å²) in [4.78, 5) is 27.2. The molecule has 0 bridgehead atoms. The number of aromatic amines is 1. The summed E-state index contributed by atoms with van der Waals surface area (Å²) >= 11 is 0.883. The number of benzene rings is 3. The number of halogens is 1. The molecular weight excluding hydrogens is 507 g/mol. The van der Waals surface area contributed by atoms with Gasteiger partial charge in [0.05, 0.1) is 16.1 Å². The summed E-state index contributed by atoms with van der Waals surface area (Å²) in [6.45, 7) is 4.19. The normalized spacial score (nSPS) is 11.0. The zero-order chi connectivity index (χ0) is 26.8. The fourth-order valence-corrected chi connectivity index (χ4v) is 4.99. The van der Waals surface area contributed by atoms with Crippen molar-refractivity contribution in [3.8, 4) is 28.6 Å². The number of fused-ring (bicyclic) bond motifs is 1. The summed E-state index contributed by atoms with van der Waals surface area (Å²) in [6, 6.07) is 20.2. The highest BCUT2D eigenvalue weighted by Crippen LogP contribution is 2.32. The monoisotopic (exact) mass is 530 g/mol. The van der Waals surface area contributed by atoms with Gasteiger partial charge in [-0.2, -0.15) is 0 Å². The number of H-pyrrole nitrogens is 1. The van der Waals surface area contributed by atoms with Crippen molar-refractivity contribution in [1.82, 2.24) is 9.55 Å². The van der Waals surface area contributed by atoms with Crippen LogP contribution in [0.1, 0.15) is 10.4 Å². The molecule has 0 spiro atoms. The molecule has 0 aliphatic carbocycles. The van der Waals surface area contributed by atoms with Gasteiger partial charge in [-0.3, -0.25) is 14.6 Å². The molecule has 0 amide bonds. The van der Waals surface area contributed by atoms with E-state index >= 15 is 0 Å². The van der Waals surface area contributed by atoms with Crippen molar-refractivity contribution in [2.24, 2.45) is 7.05 Å². The van der Waals surface area contributed by atoms with Gasteiger partial charge in [0.2, 0.25) is 11.3 Å². The van der Waals surface area contributed by atoms with E-state index in [9.17, 15) is 19.1 Å². The molecule has 0 atom stereocenters. The van der Waals surface area contributed by atoms with Crippen LogP contribution in [0.4, 0.5) is 4.39 Å². The zero-order valence-corrected chi connectivity index (χ0v) is 21.2. The molecule has 0 aliphatic rings. The van der Waals surface area contributed by atoms with Gasteiger partial charge in [-0.25, -0.2) is 4.39 Å². The number of nitrogens with zero attached hydrogens (tertiary/aromatic N) is 1. The van der Waals surface area contributed by atoms with Gasteiger partial charge in [-0.15, -0.1) is 0 Å². The number of thiazole rings is 1. The third-order valence-corrected chi connectivity index (χ3v) is 7.00. The molecule has 38 heavy (non-hydrogen) atoms. The Balaban J connectivity index is 1.33. The van der Waals surface area contributed by atoms with E-state index in [0.717, 1.165) is 16.9 Å². The maximum atomic E-state index is 14.0. The van der Waals surface area contributed by atoms with Gasteiger partial charge >= 0.3 is 4.87 Å². The lowest BCUT2D eigenvalue weighted by molar-refractivity contribution is 0.216. The Morgan fingerprint density at radius 3 is 2.47 bits per heavy atom. The maximum Gasteiger partial charge on any atom is 0.307 e. The number of aryl methyl sites for hydroxylation is 1. The summed E-state index contributed by atoms with van der Waals surface area (Å²) in [5, 5.41) is 10.4. The molecule has 0 saturated carbocycles. The molecule has 0 fully saturated rings. The van der Waals surface area contributed by atoms with Crippen LogP contribution in [0.2, 0.25) is 0 Å². The number of hydrogen-bond acceptors (Lipinski definition) is 6. The Morgan fingerprint density at radius 1 is 1.03 bits per heavy atom. The first-order chi connectivity index (χ1) is 18.3. The van der Waals surface area contributed by atoms with Gasteiger partial charge in [-0.1, -0.05) is 54.3 Å². The van der Waals surface area contributed by atoms with E-state index in [0.29, 0.717) is 38.4 Å².